The molecule has 1 rings (SSSR count). The van der Waals surface area contributed by atoms with Crippen LogP contribution in [-0.2, 0) is 10.0 Å². The molecule has 0 fully saturated rings. The number of benzene rings is 1. The largest absolute Gasteiger partial charge is 0.355 e. The van der Waals surface area contributed by atoms with E-state index < -0.39 is 10.0 Å². The topological polar surface area (TPSA) is 75.3 Å². The molecule has 5 nitrogen and oxygen atoms in total. The lowest BCUT2D eigenvalue weighted by atomic mass is 10.2. The standard InChI is InChI=1S/C9H12N2O3S/c1-10-9(12)7-4-3-5-8(6-7)15(13,14)11-2/h3-6,11H,1-2H3,(H,10,12). The average molecular weight is 228 g/mol. The van der Waals surface area contributed by atoms with Crippen molar-refractivity contribution in [3.8, 4) is 0 Å². The first-order chi connectivity index (χ1) is 7.01. The number of hydrogen-bond acceptors (Lipinski definition) is 3. The van der Waals surface area contributed by atoms with Crippen molar-refractivity contribution in [1.82, 2.24) is 10.0 Å². The van der Waals surface area contributed by atoms with Gasteiger partial charge in [-0.1, -0.05) is 6.07 Å². The highest BCUT2D eigenvalue weighted by molar-refractivity contribution is 7.89. The molecule has 0 aliphatic carbocycles. The summed E-state index contributed by atoms with van der Waals surface area (Å²) in [5.41, 5.74) is 0.314. The van der Waals surface area contributed by atoms with Gasteiger partial charge in [0.25, 0.3) is 5.91 Å². The van der Waals surface area contributed by atoms with Crippen LogP contribution in [0.4, 0.5) is 0 Å². The SMILES string of the molecule is CNC(=O)c1cccc(S(=O)(=O)NC)c1. The van der Waals surface area contributed by atoms with Crippen LogP contribution < -0.4 is 10.0 Å². The number of amides is 1. The van der Waals surface area contributed by atoms with Gasteiger partial charge in [0.1, 0.15) is 0 Å². The number of carbonyl (C=O) groups is 1. The predicted octanol–water partition coefficient (Wildman–Crippen LogP) is -0.0457. The van der Waals surface area contributed by atoms with Gasteiger partial charge in [-0.2, -0.15) is 0 Å². The summed E-state index contributed by atoms with van der Waals surface area (Å²) in [6, 6.07) is 5.82. The molecule has 0 bridgehead atoms. The first-order valence-corrected chi connectivity index (χ1v) is 5.75. The summed E-state index contributed by atoms with van der Waals surface area (Å²) in [5, 5.41) is 2.42. The molecule has 82 valence electrons. The lowest BCUT2D eigenvalue weighted by molar-refractivity contribution is 0.0963. The first kappa shape index (κ1) is 11.7. The van der Waals surface area contributed by atoms with E-state index in [9.17, 15) is 13.2 Å². The summed E-state index contributed by atoms with van der Waals surface area (Å²) >= 11 is 0. The third kappa shape index (κ3) is 2.54. The van der Waals surface area contributed by atoms with Crippen LogP contribution in [0.1, 0.15) is 10.4 Å². The molecule has 0 atom stereocenters. The van der Waals surface area contributed by atoms with Crippen LogP contribution in [0, 0.1) is 0 Å². The fraction of sp³-hybridized carbons (Fsp3) is 0.222. The fourth-order valence-electron chi connectivity index (χ4n) is 1.07. The smallest absolute Gasteiger partial charge is 0.251 e. The molecule has 0 aliphatic rings. The van der Waals surface area contributed by atoms with Crippen LogP contribution in [0.5, 0.6) is 0 Å². The molecule has 15 heavy (non-hydrogen) atoms. The molecule has 6 heteroatoms. The van der Waals surface area contributed by atoms with Crippen molar-refractivity contribution in [3.05, 3.63) is 29.8 Å². The molecule has 1 aromatic carbocycles. The number of hydrogen-bond donors (Lipinski definition) is 2. The second-order valence-electron chi connectivity index (χ2n) is 2.81. The fourth-order valence-corrected chi connectivity index (χ4v) is 1.84. The summed E-state index contributed by atoms with van der Waals surface area (Å²) in [5.74, 6) is -0.317. The molecule has 0 spiro atoms. The van der Waals surface area contributed by atoms with Crippen molar-refractivity contribution >= 4 is 15.9 Å². The molecule has 1 amide bonds. The summed E-state index contributed by atoms with van der Waals surface area (Å²) < 4.78 is 25.0. The summed E-state index contributed by atoms with van der Waals surface area (Å²) in [4.78, 5) is 11.3. The Morgan fingerprint density at radius 2 is 1.93 bits per heavy atom. The van der Waals surface area contributed by atoms with Gasteiger partial charge in [-0.05, 0) is 25.2 Å². The van der Waals surface area contributed by atoms with Gasteiger partial charge in [-0.25, -0.2) is 13.1 Å². The van der Waals surface area contributed by atoms with Crippen LogP contribution in [0.2, 0.25) is 0 Å². The van der Waals surface area contributed by atoms with Gasteiger partial charge >= 0.3 is 0 Å². The first-order valence-electron chi connectivity index (χ1n) is 4.27. The van der Waals surface area contributed by atoms with Crippen LogP contribution in [0.3, 0.4) is 0 Å². The molecule has 0 aliphatic heterocycles. The van der Waals surface area contributed by atoms with Crippen molar-refractivity contribution in [3.63, 3.8) is 0 Å². The normalized spacial score (nSPS) is 11.1. The Morgan fingerprint density at radius 3 is 2.47 bits per heavy atom. The minimum Gasteiger partial charge on any atom is -0.355 e. The lowest BCUT2D eigenvalue weighted by Crippen LogP contribution is -2.21. The summed E-state index contributed by atoms with van der Waals surface area (Å²) in [7, 11) is -0.683. The van der Waals surface area contributed by atoms with Gasteiger partial charge in [0, 0.05) is 12.6 Å². The Morgan fingerprint density at radius 1 is 1.27 bits per heavy atom. The Hall–Kier alpha value is -1.40. The van der Waals surface area contributed by atoms with Crippen molar-refractivity contribution < 1.29 is 13.2 Å². The molecule has 0 heterocycles. The predicted molar refractivity (Wildman–Crippen MR) is 56.1 cm³/mol. The Balaban J connectivity index is 3.20. The van der Waals surface area contributed by atoms with E-state index in [0.29, 0.717) is 5.56 Å². The Kier molecular flexibility index (Phi) is 3.43. The van der Waals surface area contributed by atoms with Crippen LogP contribution in [0.15, 0.2) is 29.2 Å². The van der Waals surface area contributed by atoms with E-state index in [2.05, 4.69) is 10.0 Å². The molecule has 0 aromatic heterocycles. The van der Waals surface area contributed by atoms with Crippen LogP contribution in [-0.4, -0.2) is 28.4 Å². The van der Waals surface area contributed by atoms with Gasteiger partial charge in [0.2, 0.25) is 10.0 Å². The van der Waals surface area contributed by atoms with E-state index in [0.717, 1.165) is 0 Å². The Labute approximate surface area is 88.5 Å². The van der Waals surface area contributed by atoms with Crippen molar-refractivity contribution in [2.45, 2.75) is 4.90 Å². The monoisotopic (exact) mass is 228 g/mol. The van der Waals surface area contributed by atoms with Gasteiger partial charge in [0.15, 0.2) is 0 Å². The zero-order chi connectivity index (χ0) is 11.5. The number of sulfonamides is 1. The highest BCUT2D eigenvalue weighted by atomic mass is 32.2. The van der Waals surface area contributed by atoms with Gasteiger partial charge in [-0.15, -0.1) is 0 Å². The molecule has 2 N–H and O–H groups in total. The zero-order valence-corrected chi connectivity index (χ0v) is 9.26. The average Bonchev–Trinajstić information content (AvgIpc) is 2.28. The summed E-state index contributed by atoms with van der Waals surface area (Å²) in [6.07, 6.45) is 0. The number of rotatable bonds is 3. The number of carbonyl (C=O) groups excluding carboxylic acids is 1. The maximum Gasteiger partial charge on any atom is 0.251 e. The third-order valence-corrected chi connectivity index (χ3v) is 3.31. The van der Waals surface area contributed by atoms with Crippen molar-refractivity contribution in [1.29, 1.82) is 0 Å². The van der Waals surface area contributed by atoms with E-state index >= 15 is 0 Å². The van der Waals surface area contributed by atoms with Crippen LogP contribution in [0.25, 0.3) is 0 Å². The molecule has 0 saturated carbocycles. The molecule has 0 saturated heterocycles. The molecule has 1 aromatic rings. The van der Waals surface area contributed by atoms with E-state index in [1.807, 2.05) is 0 Å². The minimum absolute atomic E-state index is 0.0751. The highest BCUT2D eigenvalue weighted by Crippen LogP contribution is 2.10. The maximum atomic E-state index is 11.4. The molecule has 0 unspecified atom stereocenters. The Bertz CT molecular complexity index is 468. The van der Waals surface area contributed by atoms with Crippen molar-refractivity contribution in [2.24, 2.45) is 0 Å². The summed E-state index contributed by atoms with van der Waals surface area (Å²) in [6.45, 7) is 0. The van der Waals surface area contributed by atoms with E-state index in [-0.39, 0.29) is 10.8 Å². The van der Waals surface area contributed by atoms with E-state index in [1.54, 1.807) is 6.07 Å². The number of nitrogens with one attached hydrogen (secondary N) is 2. The highest BCUT2D eigenvalue weighted by Gasteiger charge is 2.13. The second-order valence-corrected chi connectivity index (χ2v) is 4.70. The van der Waals surface area contributed by atoms with Crippen molar-refractivity contribution in [2.75, 3.05) is 14.1 Å². The lowest BCUT2D eigenvalue weighted by Gasteiger charge is -2.04. The maximum absolute atomic E-state index is 11.4. The van der Waals surface area contributed by atoms with Gasteiger partial charge in [0.05, 0.1) is 4.90 Å². The second kappa shape index (κ2) is 4.41. The minimum atomic E-state index is -3.49. The van der Waals surface area contributed by atoms with E-state index in [1.165, 1.54) is 32.3 Å². The van der Waals surface area contributed by atoms with Gasteiger partial charge < -0.3 is 5.32 Å². The molecule has 0 radical (unpaired) electrons. The molecular weight excluding hydrogens is 216 g/mol. The zero-order valence-electron chi connectivity index (χ0n) is 8.44. The quantitative estimate of drug-likeness (QED) is 0.762. The molecular formula is C9H12N2O3S. The van der Waals surface area contributed by atoms with Gasteiger partial charge in [-0.3, -0.25) is 4.79 Å². The van der Waals surface area contributed by atoms with E-state index in [4.69, 9.17) is 0 Å². The van der Waals surface area contributed by atoms with Crippen LogP contribution >= 0.6 is 0 Å². The third-order valence-electron chi connectivity index (χ3n) is 1.90.